The summed E-state index contributed by atoms with van der Waals surface area (Å²) < 4.78 is 5.19. The van der Waals surface area contributed by atoms with Crippen LogP contribution < -0.4 is 10.6 Å². The molecule has 0 bridgehead atoms. The summed E-state index contributed by atoms with van der Waals surface area (Å²) in [7, 11) is 1.75. The number of rotatable bonds is 8. The maximum atomic E-state index is 6.05. The van der Waals surface area contributed by atoms with E-state index in [2.05, 4.69) is 49.9 Å². The molecular formula is C16H28N2O. The van der Waals surface area contributed by atoms with Crippen molar-refractivity contribution < 1.29 is 4.74 Å². The fraction of sp³-hybridized carbons (Fsp3) is 0.625. The molecule has 0 spiro atoms. The molecule has 0 saturated carbocycles. The van der Waals surface area contributed by atoms with Gasteiger partial charge < -0.3 is 15.4 Å². The molecule has 0 radical (unpaired) electrons. The van der Waals surface area contributed by atoms with Crippen molar-refractivity contribution in [1.82, 2.24) is 0 Å². The molecule has 3 heteroatoms. The van der Waals surface area contributed by atoms with Crippen LogP contribution in [0.15, 0.2) is 24.3 Å². The zero-order valence-corrected chi connectivity index (χ0v) is 12.7. The topological polar surface area (TPSA) is 38.5 Å². The quantitative estimate of drug-likeness (QED) is 0.783. The highest BCUT2D eigenvalue weighted by Crippen LogP contribution is 2.20. The number of ether oxygens (including phenoxy) is 1. The summed E-state index contributed by atoms with van der Waals surface area (Å²) in [6.07, 6.45) is 0.971. The average molecular weight is 264 g/mol. The fourth-order valence-electron chi connectivity index (χ4n) is 2.14. The van der Waals surface area contributed by atoms with E-state index < -0.39 is 0 Å². The third-order valence-electron chi connectivity index (χ3n) is 3.28. The van der Waals surface area contributed by atoms with E-state index in [0.29, 0.717) is 5.92 Å². The Kier molecular flexibility index (Phi) is 6.89. The molecule has 0 unspecified atom stereocenters. The van der Waals surface area contributed by atoms with Gasteiger partial charge in [0.15, 0.2) is 0 Å². The molecule has 3 nitrogen and oxygen atoms in total. The Morgan fingerprint density at radius 3 is 2.32 bits per heavy atom. The number of nitrogens with two attached hydrogens (primary N) is 1. The molecule has 1 aromatic rings. The minimum Gasteiger partial charge on any atom is -0.383 e. The van der Waals surface area contributed by atoms with E-state index in [9.17, 15) is 0 Å². The Morgan fingerprint density at radius 2 is 1.84 bits per heavy atom. The zero-order valence-electron chi connectivity index (χ0n) is 12.7. The van der Waals surface area contributed by atoms with E-state index in [-0.39, 0.29) is 6.04 Å². The van der Waals surface area contributed by atoms with Crippen molar-refractivity contribution in [2.24, 2.45) is 11.7 Å². The highest BCUT2D eigenvalue weighted by molar-refractivity contribution is 5.48. The summed E-state index contributed by atoms with van der Waals surface area (Å²) in [5.41, 5.74) is 8.51. The largest absolute Gasteiger partial charge is 0.383 e. The van der Waals surface area contributed by atoms with Crippen molar-refractivity contribution in [3.63, 3.8) is 0 Å². The lowest BCUT2D eigenvalue weighted by Gasteiger charge is -2.27. The van der Waals surface area contributed by atoms with E-state index in [1.54, 1.807) is 7.11 Å². The van der Waals surface area contributed by atoms with Crippen LogP contribution in [0.2, 0.25) is 0 Å². The summed E-state index contributed by atoms with van der Waals surface area (Å²) in [6.45, 7) is 9.31. The molecule has 2 N–H and O–H groups in total. The van der Waals surface area contributed by atoms with E-state index >= 15 is 0 Å². The van der Waals surface area contributed by atoms with Gasteiger partial charge in [0.25, 0.3) is 0 Å². The molecule has 0 aliphatic heterocycles. The van der Waals surface area contributed by atoms with E-state index in [1.165, 1.54) is 11.3 Å². The van der Waals surface area contributed by atoms with Gasteiger partial charge in [0.05, 0.1) is 6.61 Å². The van der Waals surface area contributed by atoms with Crippen LogP contribution in [-0.4, -0.2) is 26.8 Å². The van der Waals surface area contributed by atoms with Crippen LogP contribution in [0.1, 0.15) is 38.8 Å². The Hall–Kier alpha value is -1.06. The van der Waals surface area contributed by atoms with Gasteiger partial charge in [-0.15, -0.1) is 0 Å². The van der Waals surface area contributed by atoms with Gasteiger partial charge in [-0.2, -0.15) is 0 Å². The maximum absolute atomic E-state index is 6.05. The van der Waals surface area contributed by atoms with E-state index in [1.807, 2.05) is 0 Å². The zero-order chi connectivity index (χ0) is 14.3. The predicted octanol–water partition coefficient (Wildman–Crippen LogP) is 3.21. The first-order valence-corrected chi connectivity index (χ1v) is 7.17. The molecule has 0 heterocycles. The standard InChI is InChI=1S/C16H28N2O/c1-5-16(17)14-6-8-15(9-7-14)18(10-11-19-4)12-13(2)3/h6-9,13,16H,5,10-12,17H2,1-4H3/t16-/m1/s1. The lowest BCUT2D eigenvalue weighted by molar-refractivity contribution is 0.204. The molecule has 0 saturated heterocycles. The second kappa shape index (κ2) is 8.18. The summed E-state index contributed by atoms with van der Waals surface area (Å²) in [4.78, 5) is 2.37. The minimum absolute atomic E-state index is 0.145. The van der Waals surface area contributed by atoms with Crippen LogP contribution in [0.4, 0.5) is 5.69 Å². The fourth-order valence-corrected chi connectivity index (χ4v) is 2.14. The lowest BCUT2D eigenvalue weighted by Crippen LogP contribution is -2.30. The first-order chi connectivity index (χ1) is 9.08. The van der Waals surface area contributed by atoms with Crippen LogP contribution >= 0.6 is 0 Å². The van der Waals surface area contributed by atoms with Gasteiger partial charge in [0.2, 0.25) is 0 Å². The highest BCUT2D eigenvalue weighted by Gasteiger charge is 2.09. The third-order valence-corrected chi connectivity index (χ3v) is 3.28. The summed E-state index contributed by atoms with van der Waals surface area (Å²) >= 11 is 0. The molecule has 19 heavy (non-hydrogen) atoms. The van der Waals surface area contributed by atoms with Crippen LogP contribution in [0.25, 0.3) is 0 Å². The molecule has 0 aliphatic carbocycles. The Bertz CT molecular complexity index is 348. The number of hydrogen-bond donors (Lipinski definition) is 1. The van der Waals surface area contributed by atoms with Gasteiger partial charge in [-0.05, 0) is 30.0 Å². The summed E-state index contributed by atoms with van der Waals surface area (Å²) in [5.74, 6) is 0.634. The van der Waals surface area contributed by atoms with Crippen molar-refractivity contribution in [2.45, 2.75) is 33.2 Å². The number of hydrogen-bond acceptors (Lipinski definition) is 3. The van der Waals surface area contributed by atoms with Gasteiger partial charge in [-0.1, -0.05) is 32.9 Å². The number of methoxy groups -OCH3 is 1. The maximum Gasteiger partial charge on any atom is 0.0637 e. The molecular weight excluding hydrogens is 236 g/mol. The summed E-state index contributed by atoms with van der Waals surface area (Å²) in [6, 6.07) is 8.77. The molecule has 0 amide bonds. The smallest absolute Gasteiger partial charge is 0.0637 e. The van der Waals surface area contributed by atoms with Gasteiger partial charge in [-0.25, -0.2) is 0 Å². The molecule has 108 valence electrons. The number of benzene rings is 1. The van der Waals surface area contributed by atoms with Crippen LogP contribution in [0.5, 0.6) is 0 Å². The predicted molar refractivity (Wildman–Crippen MR) is 82.6 cm³/mol. The van der Waals surface area contributed by atoms with E-state index in [4.69, 9.17) is 10.5 Å². The average Bonchev–Trinajstić information content (AvgIpc) is 2.42. The Balaban J connectivity index is 2.77. The molecule has 0 aromatic heterocycles. The van der Waals surface area contributed by atoms with Crippen LogP contribution in [0.3, 0.4) is 0 Å². The second-order valence-corrected chi connectivity index (χ2v) is 5.44. The van der Waals surface area contributed by atoms with Gasteiger partial charge in [0, 0.05) is 31.9 Å². The van der Waals surface area contributed by atoms with Crippen LogP contribution in [0, 0.1) is 5.92 Å². The second-order valence-electron chi connectivity index (χ2n) is 5.44. The normalized spacial score (nSPS) is 12.7. The highest BCUT2D eigenvalue weighted by atomic mass is 16.5. The van der Waals surface area contributed by atoms with Gasteiger partial charge >= 0.3 is 0 Å². The molecule has 1 aromatic carbocycles. The van der Waals surface area contributed by atoms with E-state index in [0.717, 1.165) is 26.1 Å². The molecule has 1 rings (SSSR count). The number of anilines is 1. The lowest BCUT2D eigenvalue weighted by atomic mass is 10.0. The monoisotopic (exact) mass is 264 g/mol. The molecule has 1 atom stereocenters. The van der Waals surface area contributed by atoms with Crippen molar-refractivity contribution >= 4 is 5.69 Å². The molecule has 0 fully saturated rings. The third kappa shape index (κ3) is 5.21. The van der Waals surface area contributed by atoms with Crippen molar-refractivity contribution in [1.29, 1.82) is 0 Å². The molecule has 0 aliphatic rings. The van der Waals surface area contributed by atoms with Gasteiger partial charge in [-0.3, -0.25) is 0 Å². The Morgan fingerprint density at radius 1 is 1.21 bits per heavy atom. The van der Waals surface area contributed by atoms with Gasteiger partial charge in [0.1, 0.15) is 0 Å². The Labute approximate surface area is 117 Å². The van der Waals surface area contributed by atoms with Crippen molar-refractivity contribution in [3.8, 4) is 0 Å². The minimum atomic E-state index is 0.145. The first-order valence-electron chi connectivity index (χ1n) is 7.17. The van der Waals surface area contributed by atoms with Crippen LogP contribution in [-0.2, 0) is 4.74 Å². The van der Waals surface area contributed by atoms with Crippen molar-refractivity contribution in [3.05, 3.63) is 29.8 Å². The number of nitrogens with zero attached hydrogens (tertiary/aromatic N) is 1. The van der Waals surface area contributed by atoms with Crippen molar-refractivity contribution in [2.75, 3.05) is 31.7 Å². The first kappa shape index (κ1) is 16.0. The summed E-state index contributed by atoms with van der Waals surface area (Å²) in [5, 5.41) is 0. The SMILES string of the molecule is CC[C@@H](N)c1ccc(N(CCOC)CC(C)C)cc1.